The van der Waals surface area contributed by atoms with Gasteiger partial charge in [-0.25, -0.2) is 4.98 Å². The molecular weight excluding hydrogens is 251 g/mol. The van der Waals surface area contributed by atoms with E-state index < -0.39 is 0 Å². The Morgan fingerprint density at radius 1 is 1.31 bits per heavy atom. The molecule has 0 fully saturated rings. The van der Waals surface area contributed by atoms with Crippen LogP contribution in [0.25, 0.3) is 10.9 Å². The van der Waals surface area contributed by atoms with Crippen LogP contribution in [0.3, 0.4) is 0 Å². The van der Waals surface area contributed by atoms with Crippen LogP contribution in [0, 0.1) is 0 Å². The monoisotopic (exact) mass is 256 g/mol. The van der Waals surface area contributed by atoms with Crippen LogP contribution in [0.15, 0.2) is 28.7 Å². The minimum Gasteiger partial charge on any atom is -0.398 e. The molecule has 0 radical (unpaired) electrons. The van der Waals surface area contributed by atoms with Crippen LogP contribution in [0.4, 0.5) is 5.69 Å². The largest absolute Gasteiger partial charge is 0.398 e. The van der Waals surface area contributed by atoms with E-state index in [1.165, 1.54) is 0 Å². The van der Waals surface area contributed by atoms with Gasteiger partial charge in [0.05, 0.1) is 5.52 Å². The number of fused-ring (bicyclic) bond motifs is 1. The summed E-state index contributed by atoms with van der Waals surface area (Å²) in [6, 6.07) is 7.38. The topological polar surface area (TPSA) is 38.9 Å². The average molecular weight is 258 g/mol. The number of anilines is 1. The highest BCUT2D eigenvalue weighted by molar-refractivity contribution is 9.10. The van der Waals surface area contributed by atoms with E-state index in [-0.39, 0.29) is 0 Å². The Morgan fingerprint density at radius 2 is 2.08 bits per heavy atom. The van der Waals surface area contributed by atoms with Crippen molar-refractivity contribution in [3.05, 3.63) is 33.9 Å². The molecule has 0 aliphatic rings. The second-order valence-corrected chi connectivity index (χ2v) is 4.00. The highest BCUT2D eigenvalue weighted by atomic mass is 79.9. The predicted molar refractivity (Wildman–Crippen MR) is 58.9 cm³/mol. The first kappa shape index (κ1) is 8.78. The molecule has 0 amide bonds. The van der Waals surface area contributed by atoms with Gasteiger partial charge in [-0.15, -0.1) is 0 Å². The fourth-order valence-corrected chi connectivity index (χ4v) is 1.75. The molecule has 1 aromatic carbocycles. The molecule has 0 spiro atoms. The van der Waals surface area contributed by atoms with Crippen molar-refractivity contribution in [1.29, 1.82) is 0 Å². The number of hydrogen-bond acceptors (Lipinski definition) is 2. The zero-order valence-corrected chi connectivity index (χ0v) is 8.93. The van der Waals surface area contributed by atoms with Gasteiger partial charge in [-0.1, -0.05) is 27.5 Å². The third kappa shape index (κ3) is 1.62. The minimum atomic E-state index is 0.420. The van der Waals surface area contributed by atoms with E-state index in [1.54, 1.807) is 6.07 Å². The summed E-state index contributed by atoms with van der Waals surface area (Å²) in [6.07, 6.45) is 0. The molecule has 2 nitrogen and oxygen atoms in total. The fourth-order valence-electron chi connectivity index (χ4n) is 1.19. The lowest BCUT2D eigenvalue weighted by Gasteiger charge is -2.02. The molecule has 0 aliphatic heterocycles. The Balaban J connectivity index is 2.86. The summed E-state index contributed by atoms with van der Waals surface area (Å²) in [6.45, 7) is 0. The summed E-state index contributed by atoms with van der Waals surface area (Å²) in [5.41, 5.74) is 7.23. The maximum absolute atomic E-state index is 5.77. The van der Waals surface area contributed by atoms with Crippen molar-refractivity contribution in [2.45, 2.75) is 0 Å². The summed E-state index contributed by atoms with van der Waals surface area (Å²) in [5, 5.41) is 1.34. The Labute approximate surface area is 88.8 Å². The first-order valence-corrected chi connectivity index (χ1v) is 4.85. The van der Waals surface area contributed by atoms with Crippen molar-refractivity contribution in [1.82, 2.24) is 4.98 Å². The van der Waals surface area contributed by atoms with Crippen LogP contribution < -0.4 is 5.73 Å². The summed E-state index contributed by atoms with van der Waals surface area (Å²) >= 11 is 9.13. The lowest BCUT2D eigenvalue weighted by atomic mass is 10.2. The van der Waals surface area contributed by atoms with Gasteiger partial charge in [-0.05, 0) is 24.3 Å². The molecule has 0 aliphatic carbocycles. The number of aromatic nitrogens is 1. The number of hydrogen-bond donors (Lipinski definition) is 1. The number of nitrogens with zero attached hydrogens (tertiary/aromatic N) is 1. The van der Waals surface area contributed by atoms with Crippen molar-refractivity contribution < 1.29 is 0 Å². The molecular formula is C9H6BrClN2. The molecule has 2 rings (SSSR count). The Kier molecular flexibility index (Phi) is 2.14. The van der Waals surface area contributed by atoms with Gasteiger partial charge < -0.3 is 5.73 Å². The molecule has 66 valence electrons. The minimum absolute atomic E-state index is 0.420. The highest BCUT2D eigenvalue weighted by Crippen LogP contribution is 2.25. The van der Waals surface area contributed by atoms with Crippen LogP contribution >= 0.6 is 27.5 Å². The molecule has 0 unspecified atom stereocenters. The van der Waals surface area contributed by atoms with E-state index in [2.05, 4.69) is 20.9 Å². The van der Waals surface area contributed by atoms with Crippen LogP contribution in [-0.2, 0) is 0 Å². The Morgan fingerprint density at radius 3 is 2.85 bits per heavy atom. The van der Waals surface area contributed by atoms with Crippen molar-refractivity contribution in [2.75, 3.05) is 5.73 Å². The number of nitrogens with two attached hydrogens (primary N) is 1. The zero-order chi connectivity index (χ0) is 9.42. The molecule has 13 heavy (non-hydrogen) atoms. The van der Waals surface area contributed by atoms with Gasteiger partial charge in [0.2, 0.25) is 0 Å². The number of benzene rings is 1. The Bertz CT molecular complexity index is 465. The van der Waals surface area contributed by atoms with Crippen molar-refractivity contribution >= 4 is 44.1 Å². The van der Waals surface area contributed by atoms with E-state index in [0.29, 0.717) is 10.8 Å². The molecule has 0 atom stereocenters. The summed E-state index contributed by atoms with van der Waals surface area (Å²) in [4.78, 5) is 4.15. The van der Waals surface area contributed by atoms with Crippen LogP contribution in [0.5, 0.6) is 0 Å². The van der Waals surface area contributed by atoms with Gasteiger partial charge >= 0.3 is 0 Å². The summed E-state index contributed by atoms with van der Waals surface area (Å²) in [7, 11) is 0. The molecule has 4 heteroatoms. The molecule has 2 N–H and O–H groups in total. The van der Waals surface area contributed by atoms with Gasteiger partial charge in [0.25, 0.3) is 0 Å². The van der Waals surface area contributed by atoms with Crippen LogP contribution in [0.1, 0.15) is 0 Å². The van der Waals surface area contributed by atoms with E-state index in [4.69, 9.17) is 17.3 Å². The van der Waals surface area contributed by atoms with Gasteiger partial charge in [0.15, 0.2) is 0 Å². The first-order chi connectivity index (χ1) is 6.16. The maximum atomic E-state index is 5.77. The highest BCUT2D eigenvalue weighted by Gasteiger charge is 2.01. The van der Waals surface area contributed by atoms with Gasteiger partial charge in [-0.3, -0.25) is 0 Å². The lowest BCUT2D eigenvalue weighted by molar-refractivity contribution is 1.41. The second-order valence-electron chi connectivity index (χ2n) is 2.70. The van der Waals surface area contributed by atoms with Crippen molar-refractivity contribution in [2.24, 2.45) is 0 Å². The number of rotatable bonds is 0. The van der Waals surface area contributed by atoms with Crippen LogP contribution in [-0.4, -0.2) is 4.98 Å². The van der Waals surface area contributed by atoms with E-state index in [9.17, 15) is 0 Å². The zero-order valence-electron chi connectivity index (χ0n) is 6.59. The van der Waals surface area contributed by atoms with E-state index in [1.807, 2.05) is 18.2 Å². The molecule has 0 saturated carbocycles. The average Bonchev–Trinajstić information content (AvgIpc) is 2.02. The first-order valence-electron chi connectivity index (χ1n) is 3.68. The third-order valence-electron chi connectivity index (χ3n) is 1.77. The number of halogens is 2. The maximum Gasteiger partial charge on any atom is 0.131 e. The quantitative estimate of drug-likeness (QED) is 0.736. The lowest BCUT2D eigenvalue weighted by Crippen LogP contribution is -1.89. The molecule has 1 heterocycles. The van der Waals surface area contributed by atoms with Crippen LogP contribution in [0.2, 0.25) is 5.15 Å². The van der Waals surface area contributed by atoms with Gasteiger partial charge in [0, 0.05) is 15.5 Å². The van der Waals surface area contributed by atoms with E-state index >= 15 is 0 Å². The van der Waals surface area contributed by atoms with Crippen molar-refractivity contribution in [3.8, 4) is 0 Å². The van der Waals surface area contributed by atoms with Gasteiger partial charge in [-0.2, -0.15) is 0 Å². The Hall–Kier alpha value is -0.800. The standard InChI is InChI=1S/C9H6BrClN2/c10-5-1-2-6-7(12)4-9(11)13-8(6)3-5/h1-4H,(H2,12,13). The smallest absolute Gasteiger partial charge is 0.131 e. The molecule has 0 saturated heterocycles. The number of pyridine rings is 1. The van der Waals surface area contributed by atoms with E-state index in [0.717, 1.165) is 15.4 Å². The normalized spacial score (nSPS) is 10.6. The molecule has 0 bridgehead atoms. The fraction of sp³-hybridized carbons (Fsp3) is 0. The van der Waals surface area contributed by atoms with Gasteiger partial charge in [0.1, 0.15) is 5.15 Å². The van der Waals surface area contributed by atoms with Crippen molar-refractivity contribution in [3.63, 3.8) is 0 Å². The predicted octanol–water partition coefficient (Wildman–Crippen LogP) is 3.23. The summed E-state index contributed by atoms with van der Waals surface area (Å²) in [5.74, 6) is 0. The second kappa shape index (κ2) is 3.16. The SMILES string of the molecule is Nc1cc(Cl)nc2cc(Br)ccc12. The summed E-state index contributed by atoms with van der Waals surface area (Å²) < 4.78 is 0.967. The third-order valence-corrected chi connectivity index (χ3v) is 2.46. The molecule has 2 aromatic rings. The number of nitrogen functional groups attached to an aromatic ring is 1. The molecule has 1 aromatic heterocycles.